The predicted molar refractivity (Wildman–Crippen MR) is 45.4 cm³/mol. The molecule has 1 aliphatic carbocycles. The van der Waals surface area contributed by atoms with Crippen molar-refractivity contribution < 1.29 is 9.90 Å². The zero-order chi connectivity index (χ0) is 9.26. The van der Waals surface area contributed by atoms with Crippen molar-refractivity contribution in [2.45, 2.75) is 19.3 Å². The highest BCUT2D eigenvalue weighted by molar-refractivity contribution is 5.86. The highest BCUT2D eigenvalue weighted by atomic mass is 16.4. The van der Waals surface area contributed by atoms with Gasteiger partial charge in [-0.3, -0.25) is 0 Å². The van der Waals surface area contributed by atoms with Gasteiger partial charge in [0, 0.05) is 18.8 Å². The molecule has 0 atom stereocenters. The van der Waals surface area contributed by atoms with E-state index in [1.165, 1.54) is 25.2 Å². The van der Waals surface area contributed by atoms with Gasteiger partial charge in [-0.2, -0.15) is 0 Å². The first-order chi connectivity index (χ1) is 6.25. The number of aromatic nitrogens is 2. The summed E-state index contributed by atoms with van der Waals surface area (Å²) >= 11 is 0. The van der Waals surface area contributed by atoms with E-state index < -0.39 is 5.97 Å². The molecular formula is C9H10N2O2. The summed E-state index contributed by atoms with van der Waals surface area (Å²) in [4.78, 5) is 18.4. The van der Waals surface area contributed by atoms with E-state index in [2.05, 4.69) is 9.97 Å². The SMILES string of the molecule is O=C(O)c1cnc(CC2CC2)nc1. The predicted octanol–water partition coefficient (Wildman–Crippen LogP) is 1.13. The molecule has 4 nitrogen and oxygen atoms in total. The highest BCUT2D eigenvalue weighted by Crippen LogP contribution is 2.31. The summed E-state index contributed by atoms with van der Waals surface area (Å²) in [6, 6.07) is 0. The van der Waals surface area contributed by atoms with Crippen molar-refractivity contribution in [3.63, 3.8) is 0 Å². The van der Waals surface area contributed by atoms with Crippen LogP contribution in [0.2, 0.25) is 0 Å². The average Bonchev–Trinajstić information content (AvgIpc) is 2.89. The van der Waals surface area contributed by atoms with Crippen LogP contribution in [0, 0.1) is 5.92 Å². The van der Waals surface area contributed by atoms with Crippen molar-refractivity contribution in [1.82, 2.24) is 9.97 Å². The largest absolute Gasteiger partial charge is 0.478 e. The number of hydrogen-bond donors (Lipinski definition) is 1. The van der Waals surface area contributed by atoms with Crippen LogP contribution in [0.1, 0.15) is 29.0 Å². The van der Waals surface area contributed by atoms with Crippen LogP contribution in [-0.2, 0) is 6.42 Å². The van der Waals surface area contributed by atoms with Crippen LogP contribution in [0.15, 0.2) is 12.4 Å². The van der Waals surface area contributed by atoms with Crippen LogP contribution in [0.3, 0.4) is 0 Å². The van der Waals surface area contributed by atoms with Gasteiger partial charge >= 0.3 is 5.97 Å². The molecule has 1 N–H and O–H groups in total. The maximum absolute atomic E-state index is 10.5. The Bertz CT molecular complexity index is 317. The minimum atomic E-state index is -0.974. The second kappa shape index (κ2) is 3.12. The van der Waals surface area contributed by atoms with Crippen LogP contribution in [0.4, 0.5) is 0 Å². The van der Waals surface area contributed by atoms with E-state index in [9.17, 15) is 4.79 Å². The van der Waals surface area contributed by atoms with Gasteiger partial charge in [-0.05, 0) is 18.8 Å². The van der Waals surface area contributed by atoms with Gasteiger partial charge in [0.2, 0.25) is 0 Å². The van der Waals surface area contributed by atoms with Gasteiger partial charge in [-0.25, -0.2) is 14.8 Å². The number of rotatable bonds is 3. The summed E-state index contributed by atoms with van der Waals surface area (Å²) in [6.45, 7) is 0. The number of hydrogen-bond acceptors (Lipinski definition) is 3. The standard InChI is InChI=1S/C9H10N2O2/c12-9(13)7-4-10-8(11-5-7)3-6-1-2-6/h4-6H,1-3H2,(H,12,13). The van der Waals surface area contributed by atoms with Crippen LogP contribution < -0.4 is 0 Å². The van der Waals surface area contributed by atoms with Crippen LogP contribution >= 0.6 is 0 Å². The molecule has 0 bridgehead atoms. The van der Waals surface area contributed by atoms with E-state index in [-0.39, 0.29) is 5.56 Å². The van der Waals surface area contributed by atoms with Crippen molar-refractivity contribution in [1.29, 1.82) is 0 Å². The van der Waals surface area contributed by atoms with E-state index in [1.54, 1.807) is 0 Å². The van der Waals surface area contributed by atoms with E-state index in [0.29, 0.717) is 0 Å². The van der Waals surface area contributed by atoms with E-state index >= 15 is 0 Å². The quantitative estimate of drug-likeness (QED) is 0.753. The maximum atomic E-state index is 10.5. The number of carboxylic acid groups (broad SMARTS) is 1. The molecule has 0 radical (unpaired) electrons. The van der Waals surface area contributed by atoms with Gasteiger partial charge in [0.15, 0.2) is 0 Å². The van der Waals surface area contributed by atoms with Gasteiger partial charge in [-0.15, -0.1) is 0 Å². The van der Waals surface area contributed by atoms with E-state index in [0.717, 1.165) is 18.2 Å². The summed E-state index contributed by atoms with van der Waals surface area (Å²) in [7, 11) is 0. The fourth-order valence-electron chi connectivity index (χ4n) is 1.15. The summed E-state index contributed by atoms with van der Waals surface area (Å²) in [5, 5.41) is 8.59. The summed E-state index contributed by atoms with van der Waals surface area (Å²) in [5.41, 5.74) is 0.152. The Morgan fingerprint density at radius 2 is 2.08 bits per heavy atom. The van der Waals surface area contributed by atoms with Crippen molar-refractivity contribution in [3.05, 3.63) is 23.8 Å². The Morgan fingerprint density at radius 3 is 2.54 bits per heavy atom. The third-order valence-corrected chi connectivity index (χ3v) is 2.12. The van der Waals surface area contributed by atoms with Crippen LogP contribution in [-0.4, -0.2) is 21.0 Å². The molecule has 1 aromatic heterocycles. The number of nitrogens with zero attached hydrogens (tertiary/aromatic N) is 2. The second-order valence-electron chi connectivity index (χ2n) is 3.34. The Hall–Kier alpha value is -1.45. The third-order valence-electron chi connectivity index (χ3n) is 2.12. The molecule has 4 heteroatoms. The Labute approximate surface area is 75.6 Å². The third kappa shape index (κ3) is 2.02. The molecule has 13 heavy (non-hydrogen) atoms. The molecule has 0 amide bonds. The smallest absolute Gasteiger partial charge is 0.338 e. The fraction of sp³-hybridized carbons (Fsp3) is 0.444. The van der Waals surface area contributed by atoms with Gasteiger partial charge in [0.05, 0.1) is 5.56 Å². The van der Waals surface area contributed by atoms with E-state index in [1.807, 2.05) is 0 Å². The first-order valence-corrected chi connectivity index (χ1v) is 4.30. The number of aromatic carboxylic acids is 1. The lowest BCUT2D eigenvalue weighted by Crippen LogP contribution is -2.02. The molecule has 68 valence electrons. The first kappa shape index (κ1) is 8.16. The lowest BCUT2D eigenvalue weighted by atomic mass is 10.2. The van der Waals surface area contributed by atoms with Crippen molar-refractivity contribution in [2.75, 3.05) is 0 Å². The normalized spacial score (nSPS) is 15.7. The van der Waals surface area contributed by atoms with Crippen LogP contribution in [0.25, 0.3) is 0 Å². The average molecular weight is 178 g/mol. The summed E-state index contributed by atoms with van der Waals surface area (Å²) in [6.07, 6.45) is 6.13. The number of carbonyl (C=O) groups is 1. The molecule has 1 aliphatic rings. The Morgan fingerprint density at radius 1 is 1.46 bits per heavy atom. The lowest BCUT2D eigenvalue weighted by molar-refractivity contribution is 0.0696. The molecule has 1 fully saturated rings. The lowest BCUT2D eigenvalue weighted by Gasteiger charge is -1.97. The van der Waals surface area contributed by atoms with Crippen molar-refractivity contribution >= 4 is 5.97 Å². The monoisotopic (exact) mass is 178 g/mol. The molecule has 2 rings (SSSR count). The van der Waals surface area contributed by atoms with Gasteiger partial charge < -0.3 is 5.11 Å². The highest BCUT2D eigenvalue weighted by Gasteiger charge is 2.22. The summed E-state index contributed by atoms with van der Waals surface area (Å²) < 4.78 is 0. The molecule has 1 aromatic rings. The summed E-state index contributed by atoms with van der Waals surface area (Å²) in [5.74, 6) is 0.515. The van der Waals surface area contributed by atoms with Crippen molar-refractivity contribution in [2.24, 2.45) is 5.92 Å². The maximum Gasteiger partial charge on any atom is 0.338 e. The molecule has 0 spiro atoms. The molecule has 0 unspecified atom stereocenters. The van der Waals surface area contributed by atoms with Gasteiger partial charge in [0.1, 0.15) is 5.82 Å². The fourth-order valence-corrected chi connectivity index (χ4v) is 1.15. The van der Waals surface area contributed by atoms with E-state index in [4.69, 9.17) is 5.11 Å². The van der Waals surface area contributed by atoms with Gasteiger partial charge in [-0.1, -0.05) is 0 Å². The number of carboxylic acids is 1. The molecule has 0 aliphatic heterocycles. The molecule has 0 saturated heterocycles. The Balaban J connectivity index is 2.08. The zero-order valence-electron chi connectivity index (χ0n) is 7.10. The molecule has 1 heterocycles. The van der Waals surface area contributed by atoms with Crippen LogP contribution in [0.5, 0.6) is 0 Å². The second-order valence-corrected chi connectivity index (χ2v) is 3.34. The molecular weight excluding hydrogens is 168 g/mol. The Kier molecular flexibility index (Phi) is 1.96. The molecule has 0 aromatic carbocycles. The minimum Gasteiger partial charge on any atom is -0.478 e. The topological polar surface area (TPSA) is 63.1 Å². The molecule has 1 saturated carbocycles. The zero-order valence-corrected chi connectivity index (χ0v) is 7.10. The van der Waals surface area contributed by atoms with Gasteiger partial charge in [0.25, 0.3) is 0 Å². The first-order valence-electron chi connectivity index (χ1n) is 4.30. The van der Waals surface area contributed by atoms with Crippen molar-refractivity contribution in [3.8, 4) is 0 Å². The minimum absolute atomic E-state index is 0.152.